The minimum Gasteiger partial charge on any atom is -0.493 e. The summed E-state index contributed by atoms with van der Waals surface area (Å²) in [6, 6.07) is 10.7. The van der Waals surface area contributed by atoms with E-state index in [2.05, 4.69) is 0 Å². The molecule has 0 heterocycles. The first-order chi connectivity index (χ1) is 12.4. The quantitative estimate of drug-likeness (QED) is 0.688. The molecule has 0 aromatic heterocycles. The molecule has 26 heavy (non-hydrogen) atoms. The average Bonchev–Trinajstić information content (AvgIpc) is 2.67. The second-order valence-electron chi connectivity index (χ2n) is 5.20. The fourth-order valence-corrected chi connectivity index (χ4v) is 4.06. The highest BCUT2D eigenvalue weighted by Gasteiger charge is 2.28. The number of carbonyl (C=O) groups is 1. The molecule has 0 aliphatic rings. The van der Waals surface area contributed by atoms with Crippen LogP contribution >= 0.6 is 0 Å². The summed E-state index contributed by atoms with van der Waals surface area (Å²) in [5, 5.41) is 0. The largest absolute Gasteiger partial charge is 0.493 e. The smallest absolute Gasteiger partial charge is 0.340 e. The Morgan fingerprint density at radius 2 is 1.65 bits per heavy atom. The van der Waals surface area contributed by atoms with Crippen molar-refractivity contribution in [3.05, 3.63) is 48.0 Å². The number of nitrogens with zero attached hydrogens (tertiary/aromatic N) is 1. The number of hydrogen-bond donors (Lipinski definition) is 0. The molecule has 0 saturated carbocycles. The number of methoxy groups -OCH3 is 3. The van der Waals surface area contributed by atoms with Gasteiger partial charge in [0.2, 0.25) is 0 Å². The van der Waals surface area contributed by atoms with E-state index in [0.29, 0.717) is 11.5 Å². The van der Waals surface area contributed by atoms with Crippen LogP contribution < -0.4 is 13.8 Å². The lowest BCUT2D eigenvalue weighted by molar-refractivity contribution is 0.0601. The van der Waals surface area contributed by atoms with Crippen LogP contribution in [0, 0.1) is 0 Å². The molecule has 0 radical (unpaired) electrons. The van der Waals surface area contributed by atoms with Gasteiger partial charge in [0.05, 0.1) is 37.5 Å². The third-order valence-electron chi connectivity index (χ3n) is 3.81. The zero-order valence-electron chi connectivity index (χ0n) is 15.1. The number of para-hydroxylation sites is 1. The molecule has 0 aliphatic heterocycles. The number of hydrogen-bond acceptors (Lipinski definition) is 6. The van der Waals surface area contributed by atoms with E-state index in [4.69, 9.17) is 14.2 Å². The van der Waals surface area contributed by atoms with Gasteiger partial charge in [-0.25, -0.2) is 13.2 Å². The third kappa shape index (κ3) is 3.60. The van der Waals surface area contributed by atoms with Gasteiger partial charge < -0.3 is 14.2 Å². The second-order valence-corrected chi connectivity index (χ2v) is 7.06. The van der Waals surface area contributed by atoms with Crippen LogP contribution in [0.15, 0.2) is 47.4 Å². The van der Waals surface area contributed by atoms with Gasteiger partial charge in [-0.2, -0.15) is 0 Å². The zero-order valence-corrected chi connectivity index (χ0v) is 15.9. The predicted octanol–water partition coefficient (Wildman–Crippen LogP) is 2.71. The Bertz CT molecular complexity index is 894. The summed E-state index contributed by atoms with van der Waals surface area (Å²) in [5.41, 5.74) is 0.414. The summed E-state index contributed by atoms with van der Waals surface area (Å²) in [6.07, 6.45) is 0. The Morgan fingerprint density at radius 3 is 2.23 bits per heavy atom. The maximum atomic E-state index is 13.2. The van der Waals surface area contributed by atoms with Crippen LogP contribution in [0.5, 0.6) is 11.5 Å². The van der Waals surface area contributed by atoms with E-state index in [0.717, 1.165) is 4.31 Å². The van der Waals surface area contributed by atoms with Crippen LogP contribution in [0.25, 0.3) is 0 Å². The molecule has 0 bridgehead atoms. The van der Waals surface area contributed by atoms with E-state index in [1.54, 1.807) is 25.1 Å². The minimum atomic E-state index is -3.94. The molecule has 0 amide bonds. The number of anilines is 1. The highest BCUT2D eigenvalue weighted by Crippen LogP contribution is 2.33. The van der Waals surface area contributed by atoms with Gasteiger partial charge in [-0.15, -0.1) is 0 Å². The number of rotatable bonds is 7. The van der Waals surface area contributed by atoms with E-state index in [1.165, 1.54) is 45.6 Å². The summed E-state index contributed by atoms with van der Waals surface area (Å²) < 4.78 is 42.6. The molecule has 0 spiro atoms. The van der Waals surface area contributed by atoms with Crippen LogP contribution in [0.4, 0.5) is 5.69 Å². The lowest BCUT2D eigenvalue weighted by Gasteiger charge is -2.25. The van der Waals surface area contributed by atoms with Crippen molar-refractivity contribution in [2.45, 2.75) is 11.8 Å². The lowest BCUT2D eigenvalue weighted by atomic mass is 10.2. The van der Waals surface area contributed by atoms with Gasteiger partial charge in [-0.3, -0.25) is 4.31 Å². The molecule has 7 nitrogen and oxygen atoms in total. The molecule has 0 aliphatic carbocycles. The number of benzene rings is 2. The Labute approximate surface area is 153 Å². The van der Waals surface area contributed by atoms with Crippen molar-refractivity contribution >= 4 is 21.7 Å². The first-order valence-electron chi connectivity index (χ1n) is 7.82. The number of carbonyl (C=O) groups excluding carboxylic acids is 1. The van der Waals surface area contributed by atoms with Crippen LogP contribution in [0.1, 0.15) is 17.3 Å². The van der Waals surface area contributed by atoms with Crippen molar-refractivity contribution in [3.8, 4) is 11.5 Å². The van der Waals surface area contributed by atoms with E-state index in [9.17, 15) is 13.2 Å². The van der Waals surface area contributed by atoms with Crippen LogP contribution in [-0.2, 0) is 14.8 Å². The molecule has 2 aromatic rings. The highest BCUT2D eigenvalue weighted by atomic mass is 32.2. The summed E-state index contributed by atoms with van der Waals surface area (Å²) in [4.78, 5) is 12.0. The minimum absolute atomic E-state index is 0.0247. The standard InChI is InChI=1S/C18H21NO6S/c1-5-19(15-9-7-6-8-14(15)18(20)25-4)26(21,22)13-10-11-16(23-2)17(12-13)24-3/h6-12H,5H2,1-4H3. The van der Waals surface area contributed by atoms with Gasteiger partial charge in [0, 0.05) is 12.6 Å². The second kappa shape index (κ2) is 8.09. The van der Waals surface area contributed by atoms with E-state index < -0.39 is 16.0 Å². The van der Waals surface area contributed by atoms with Gasteiger partial charge >= 0.3 is 5.97 Å². The first-order valence-corrected chi connectivity index (χ1v) is 9.26. The summed E-state index contributed by atoms with van der Waals surface area (Å²) in [6.45, 7) is 1.82. The Kier molecular flexibility index (Phi) is 6.10. The van der Waals surface area contributed by atoms with E-state index >= 15 is 0 Å². The maximum Gasteiger partial charge on any atom is 0.340 e. The Balaban J connectivity index is 2.59. The molecule has 0 fully saturated rings. The summed E-state index contributed by atoms with van der Waals surface area (Å²) in [5.74, 6) is 0.108. The summed E-state index contributed by atoms with van der Waals surface area (Å²) in [7, 11) is 0.210. The van der Waals surface area contributed by atoms with Crippen molar-refractivity contribution in [3.63, 3.8) is 0 Å². The molecule has 0 N–H and O–H groups in total. The van der Waals surface area contributed by atoms with Gasteiger partial charge in [-0.1, -0.05) is 12.1 Å². The number of esters is 1. The van der Waals surface area contributed by atoms with Gasteiger partial charge in [0.15, 0.2) is 11.5 Å². The fraction of sp³-hybridized carbons (Fsp3) is 0.278. The molecule has 0 unspecified atom stereocenters. The molecule has 0 atom stereocenters. The molecule has 8 heteroatoms. The maximum absolute atomic E-state index is 13.2. The van der Waals surface area contributed by atoms with Crippen molar-refractivity contribution in [1.82, 2.24) is 0 Å². The lowest BCUT2D eigenvalue weighted by Crippen LogP contribution is -2.32. The SMILES string of the molecule is CCN(c1ccccc1C(=O)OC)S(=O)(=O)c1ccc(OC)c(OC)c1. The van der Waals surface area contributed by atoms with Crippen molar-refractivity contribution in [2.75, 3.05) is 32.2 Å². The highest BCUT2D eigenvalue weighted by molar-refractivity contribution is 7.92. The van der Waals surface area contributed by atoms with Crippen molar-refractivity contribution in [2.24, 2.45) is 0 Å². The number of sulfonamides is 1. The predicted molar refractivity (Wildman–Crippen MR) is 97.5 cm³/mol. The topological polar surface area (TPSA) is 82.1 Å². The summed E-state index contributed by atoms with van der Waals surface area (Å²) >= 11 is 0. The molecule has 0 saturated heterocycles. The average molecular weight is 379 g/mol. The molecular weight excluding hydrogens is 358 g/mol. The van der Waals surface area contributed by atoms with Crippen LogP contribution in [0.3, 0.4) is 0 Å². The first kappa shape index (κ1) is 19.6. The van der Waals surface area contributed by atoms with Crippen molar-refractivity contribution in [1.29, 1.82) is 0 Å². The van der Waals surface area contributed by atoms with Crippen molar-refractivity contribution < 1.29 is 27.4 Å². The Morgan fingerprint density at radius 1 is 1.00 bits per heavy atom. The normalized spacial score (nSPS) is 10.9. The molecule has 2 aromatic carbocycles. The van der Waals surface area contributed by atoms with Crippen LogP contribution in [-0.4, -0.2) is 42.3 Å². The van der Waals surface area contributed by atoms with E-state index in [-0.39, 0.29) is 22.7 Å². The fourth-order valence-electron chi connectivity index (χ4n) is 2.55. The monoisotopic (exact) mass is 379 g/mol. The van der Waals surface area contributed by atoms with E-state index in [1.807, 2.05) is 0 Å². The number of ether oxygens (including phenoxy) is 3. The molecular formula is C18H21NO6S. The zero-order chi connectivity index (χ0) is 19.3. The third-order valence-corrected chi connectivity index (χ3v) is 5.69. The van der Waals surface area contributed by atoms with Gasteiger partial charge in [0.25, 0.3) is 10.0 Å². The van der Waals surface area contributed by atoms with Crippen LogP contribution in [0.2, 0.25) is 0 Å². The molecule has 140 valence electrons. The van der Waals surface area contributed by atoms with Gasteiger partial charge in [0.1, 0.15) is 0 Å². The van der Waals surface area contributed by atoms with Gasteiger partial charge in [-0.05, 0) is 31.2 Å². The molecule has 2 rings (SSSR count). The Hall–Kier alpha value is -2.74.